The molecular formula is C17H36O3. The van der Waals surface area contributed by atoms with Gasteiger partial charge in [0.25, 0.3) is 0 Å². The Morgan fingerprint density at radius 2 is 1.45 bits per heavy atom. The lowest BCUT2D eigenvalue weighted by Crippen LogP contribution is -2.24. The maximum Gasteiger partial charge on any atom is 0.146 e. The van der Waals surface area contributed by atoms with Gasteiger partial charge in [0.1, 0.15) is 6.79 Å². The van der Waals surface area contributed by atoms with Crippen LogP contribution in [0.25, 0.3) is 0 Å². The summed E-state index contributed by atoms with van der Waals surface area (Å²) < 4.78 is 10.5. The number of rotatable bonds is 15. The molecule has 0 fully saturated rings. The van der Waals surface area contributed by atoms with Gasteiger partial charge in [-0.25, -0.2) is 0 Å². The molecule has 0 radical (unpaired) electrons. The molecule has 0 heterocycles. The molecule has 0 amide bonds. The third kappa shape index (κ3) is 10.6. The van der Waals surface area contributed by atoms with Crippen LogP contribution in [0.15, 0.2) is 0 Å². The van der Waals surface area contributed by atoms with Crippen molar-refractivity contribution in [2.75, 3.05) is 27.1 Å². The normalized spacial score (nSPS) is 14.4. The quantitative estimate of drug-likeness (QED) is 0.359. The van der Waals surface area contributed by atoms with Crippen molar-refractivity contribution in [3.8, 4) is 0 Å². The molecule has 20 heavy (non-hydrogen) atoms. The van der Waals surface area contributed by atoms with Crippen LogP contribution in [0.3, 0.4) is 0 Å². The first-order valence-electron chi connectivity index (χ1n) is 8.47. The second-order valence-corrected chi connectivity index (χ2v) is 5.83. The SMILES string of the molecule is CCCCCC[C@@H](CO)[C@H](CCCCC)COCOC. The second kappa shape index (κ2) is 15.3. The van der Waals surface area contributed by atoms with E-state index in [0.717, 1.165) is 19.4 Å². The minimum Gasteiger partial charge on any atom is -0.396 e. The largest absolute Gasteiger partial charge is 0.396 e. The summed E-state index contributed by atoms with van der Waals surface area (Å²) in [5.41, 5.74) is 0. The van der Waals surface area contributed by atoms with E-state index in [1.165, 1.54) is 44.9 Å². The Kier molecular flexibility index (Phi) is 15.2. The van der Waals surface area contributed by atoms with Crippen LogP contribution in [0, 0.1) is 11.8 Å². The molecule has 122 valence electrons. The highest BCUT2D eigenvalue weighted by Crippen LogP contribution is 2.25. The molecule has 0 bridgehead atoms. The number of ether oxygens (including phenoxy) is 2. The van der Waals surface area contributed by atoms with Gasteiger partial charge in [-0.1, -0.05) is 58.8 Å². The molecule has 0 spiro atoms. The molecule has 0 rings (SSSR count). The summed E-state index contributed by atoms with van der Waals surface area (Å²) in [7, 11) is 1.65. The molecule has 0 saturated carbocycles. The summed E-state index contributed by atoms with van der Waals surface area (Å²) in [6.07, 6.45) is 11.1. The third-order valence-corrected chi connectivity index (χ3v) is 4.04. The van der Waals surface area contributed by atoms with Gasteiger partial charge in [-0.3, -0.25) is 0 Å². The van der Waals surface area contributed by atoms with Gasteiger partial charge in [0.2, 0.25) is 0 Å². The Morgan fingerprint density at radius 3 is 2.05 bits per heavy atom. The lowest BCUT2D eigenvalue weighted by molar-refractivity contribution is -0.0555. The zero-order valence-electron chi connectivity index (χ0n) is 13.9. The summed E-state index contributed by atoms with van der Waals surface area (Å²) in [5.74, 6) is 0.865. The maximum absolute atomic E-state index is 9.68. The van der Waals surface area contributed by atoms with Crippen LogP contribution in [0.5, 0.6) is 0 Å². The van der Waals surface area contributed by atoms with Gasteiger partial charge in [0.05, 0.1) is 6.61 Å². The first-order valence-corrected chi connectivity index (χ1v) is 8.47. The molecule has 0 aliphatic rings. The molecule has 2 atom stereocenters. The van der Waals surface area contributed by atoms with E-state index in [0.29, 0.717) is 25.2 Å². The lowest BCUT2D eigenvalue weighted by atomic mass is 9.85. The van der Waals surface area contributed by atoms with E-state index in [-0.39, 0.29) is 0 Å². The molecule has 0 aromatic rings. The van der Waals surface area contributed by atoms with Gasteiger partial charge >= 0.3 is 0 Å². The summed E-state index contributed by atoms with van der Waals surface area (Å²) in [6.45, 7) is 5.83. The standard InChI is InChI=1S/C17H36O3/c1-4-6-8-10-11-16(13-18)17(12-9-7-5-2)14-20-15-19-3/h16-18H,4-15H2,1-3H3/t16-,17+/m0/s1. The van der Waals surface area contributed by atoms with Gasteiger partial charge < -0.3 is 14.6 Å². The molecule has 0 saturated heterocycles. The summed E-state index contributed by atoms with van der Waals surface area (Å²) >= 11 is 0. The summed E-state index contributed by atoms with van der Waals surface area (Å²) in [5, 5.41) is 9.68. The highest BCUT2D eigenvalue weighted by atomic mass is 16.7. The first kappa shape index (κ1) is 19.9. The Hall–Kier alpha value is -0.120. The van der Waals surface area contributed by atoms with Crippen LogP contribution >= 0.6 is 0 Å². The number of aliphatic hydroxyl groups is 1. The van der Waals surface area contributed by atoms with E-state index in [1.807, 2.05) is 0 Å². The smallest absolute Gasteiger partial charge is 0.146 e. The van der Waals surface area contributed by atoms with Gasteiger partial charge in [0, 0.05) is 13.7 Å². The van der Waals surface area contributed by atoms with Crippen LogP contribution in [-0.4, -0.2) is 32.2 Å². The maximum atomic E-state index is 9.68. The van der Waals surface area contributed by atoms with Crippen LogP contribution < -0.4 is 0 Å². The van der Waals surface area contributed by atoms with Crippen molar-refractivity contribution in [3.05, 3.63) is 0 Å². The number of hydrogen-bond donors (Lipinski definition) is 1. The van der Waals surface area contributed by atoms with Gasteiger partial charge in [-0.2, -0.15) is 0 Å². The topological polar surface area (TPSA) is 38.7 Å². The Balaban J connectivity index is 4.12. The molecule has 1 N–H and O–H groups in total. The number of unbranched alkanes of at least 4 members (excludes halogenated alkanes) is 5. The van der Waals surface area contributed by atoms with Crippen molar-refractivity contribution >= 4 is 0 Å². The predicted molar refractivity (Wildman–Crippen MR) is 84.8 cm³/mol. The van der Waals surface area contributed by atoms with E-state index in [2.05, 4.69) is 13.8 Å². The van der Waals surface area contributed by atoms with E-state index in [1.54, 1.807) is 7.11 Å². The first-order chi connectivity index (χ1) is 9.79. The van der Waals surface area contributed by atoms with E-state index >= 15 is 0 Å². The molecule has 3 nitrogen and oxygen atoms in total. The summed E-state index contributed by atoms with van der Waals surface area (Å²) in [4.78, 5) is 0. The third-order valence-electron chi connectivity index (χ3n) is 4.04. The van der Waals surface area contributed by atoms with Crippen molar-refractivity contribution in [2.24, 2.45) is 11.8 Å². The van der Waals surface area contributed by atoms with E-state index in [9.17, 15) is 5.11 Å². The van der Waals surface area contributed by atoms with Gasteiger partial charge in [-0.05, 0) is 24.7 Å². The minimum absolute atomic E-state index is 0.291. The average molecular weight is 288 g/mol. The van der Waals surface area contributed by atoms with Crippen molar-refractivity contribution in [1.82, 2.24) is 0 Å². The second-order valence-electron chi connectivity index (χ2n) is 5.83. The molecule has 0 unspecified atom stereocenters. The lowest BCUT2D eigenvalue weighted by Gasteiger charge is -2.25. The molecule has 0 aromatic carbocycles. The minimum atomic E-state index is 0.291. The fraction of sp³-hybridized carbons (Fsp3) is 1.00. The van der Waals surface area contributed by atoms with Gasteiger partial charge in [0.15, 0.2) is 0 Å². The molecule has 3 heteroatoms. The van der Waals surface area contributed by atoms with Crippen LogP contribution in [0.1, 0.15) is 71.6 Å². The van der Waals surface area contributed by atoms with Crippen molar-refractivity contribution in [3.63, 3.8) is 0 Å². The molecule has 0 aliphatic heterocycles. The van der Waals surface area contributed by atoms with Crippen molar-refractivity contribution in [1.29, 1.82) is 0 Å². The van der Waals surface area contributed by atoms with E-state index < -0.39 is 0 Å². The Morgan fingerprint density at radius 1 is 0.850 bits per heavy atom. The fourth-order valence-electron chi connectivity index (χ4n) is 2.70. The molecule has 0 aromatic heterocycles. The fourth-order valence-corrected chi connectivity index (χ4v) is 2.70. The van der Waals surface area contributed by atoms with E-state index in [4.69, 9.17) is 9.47 Å². The number of methoxy groups -OCH3 is 1. The monoisotopic (exact) mass is 288 g/mol. The van der Waals surface area contributed by atoms with Crippen molar-refractivity contribution < 1.29 is 14.6 Å². The Bertz CT molecular complexity index is 175. The molecule has 0 aliphatic carbocycles. The van der Waals surface area contributed by atoms with Gasteiger partial charge in [-0.15, -0.1) is 0 Å². The molecular weight excluding hydrogens is 252 g/mol. The predicted octanol–water partition coefficient (Wildman–Crippen LogP) is 4.38. The number of aliphatic hydroxyl groups excluding tert-OH is 1. The van der Waals surface area contributed by atoms with Crippen LogP contribution in [0.4, 0.5) is 0 Å². The highest BCUT2D eigenvalue weighted by Gasteiger charge is 2.20. The van der Waals surface area contributed by atoms with Crippen molar-refractivity contribution in [2.45, 2.75) is 71.6 Å². The van der Waals surface area contributed by atoms with Crippen LogP contribution in [-0.2, 0) is 9.47 Å². The average Bonchev–Trinajstić information content (AvgIpc) is 2.47. The zero-order chi connectivity index (χ0) is 15.1. The summed E-state index contributed by atoms with van der Waals surface area (Å²) in [6, 6.07) is 0. The number of hydrogen-bond acceptors (Lipinski definition) is 3. The van der Waals surface area contributed by atoms with Crippen LogP contribution in [0.2, 0.25) is 0 Å². The Labute approximate surface area is 126 Å². The highest BCUT2D eigenvalue weighted by molar-refractivity contribution is 4.70. The zero-order valence-corrected chi connectivity index (χ0v) is 13.9.